The minimum atomic E-state index is -1.06. The number of aryl methyl sites for hydroxylation is 1. The molecule has 17 heavy (non-hydrogen) atoms. The second-order valence-corrected chi connectivity index (χ2v) is 3.99. The molecular weight excluding hydrogens is 242 g/mol. The summed E-state index contributed by atoms with van der Waals surface area (Å²) in [6, 6.07) is 6.61. The summed E-state index contributed by atoms with van der Waals surface area (Å²) in [5, 5.41) is 13.2. The predicted molar refractivity (Wildman–Crippen MR) is 65.0 cm³/mol. The lowest BCUT2D eigenvalue weighted by molar-refractivity contribution is 0.0689. The number of benzene rings is 1. The van der Waals surface area contributed by atoms with Gasteiger partial charge in [-0.05, 0) is 18.2 Å². The zero-order valence-electron chi connectivity index (χ0n) is 9.01. The van der Waals surface area contributed by atoms with Crippen molar-refractivity contribution in [1.29, 1.82) is 0 Å². The van der Waals surface area contributed by atoms with Crippen LogP contribution in [0.2, 0.25) is 5.02 Å². The maximum atomic E-state index is 10.8. The van der Waals surface area contributed by atoms with E-state index in [9.17, 15) is 4.79 Å². The van der Waals surface area contributed by atoms with E-state index in [-0.39, 0.29) is 5.69 Å². The summed E-state index contributed by atoms with van der Waals surface area (Å²) < 4.78 is 1.49. The number of carboxylic acids is 1. The van der Waals surface area contributed by atoms with Gasteiger partial charge < -0.3 is 10.8 Å². The number of nitrogens with zero attached hydrogens (tertiary/aromatic N) is 2. The number of nitrogens with two attached hydrogens (primary N) is 1. The van der Waals surface area contributed by atoms with E-state index in [1.807, 2.05) is 0 Å². The fraction of sp³-hybridized carbons (Fsp3) is 0.0909. The Hall–Kier alpha value is -2.01. The Bertz CT molecular complexity index is 592. The molecule has 0 spiro atoms. The van der Waals surface area contributed by atoms with Gasteiger partial charge in [-0.3, -0.25) is 4.68 Å². The van der Waals surface area contributed by atoms with Gasteiger partial charge in [-0.15, -0.1) is 0 Å². The molecule has 0 atom stereocenters. The van der Waals surface area contributed by atoms with Gasteiger partial charge in [-0.1, -0.05) is 17.7 Å². The molecule has 3 N–H and O–H groups in total. The molecule has 1 aromatic carbocycles. The van der Waals surface area contributed by atoms with E-state index in [2.05, 4.69) is 5.10 Å². The fourth-order valence-electron chi connectivity index (χ4n) is 1.55. The van der Waals surface area contributed by atoms with E-state index in [4.69, 9.17) is 22.4 Å². The molecule has 2 aromatic rings. The van der Waals surface area contributed by atoms with Crippen LogP contribution in [0.4, 0.5) is 5.69 Å². The average Bonchev–Trinajstić information content (AvgIpc) is 2.65. The van der Waals surface area contributed by atoms with Gasteiger partial charge in [0.15, 0.2) is 5.69 Å². The molecule has 0 saturated heterocycles. The Morgan fingerprint density at radius 2 is 2.18 bits per heavy atom. The van der Waals surface area contributed by atoms with E-state index in [1.54, 1.807) is 25.2 Å². The molecule has 5 nitrogen and oxygen atoms in total. The van der Waals surface area contributed by atoms with E-state index in [0.29, 0.717) is 16.4 Å². The summed E-state index contributed by atoms with van der Waals surface area (Å²) >= 11 is 5.82. The number of rotatable bonds is 2. The summed E-state index contributed by atoms with van der Waals surface area (Å²) in [6.45, 7) is 0. The topological polar surface area (TPSA) is 81.1 Å². The summed E-state index contributed by atoms with van der Waals surface area (Å²) in [5.41, 5.74) is 7.58. The van der Waals surface area contributed by atoms with Crippen molar-refractivity contribution in [1.82, 2.24) is 9.78 Å². The molecular formula is C11H10ClN3O2. The summed E-state index contributed by atoms with van der Waals surface area (Å²) in [6.07, 6.45) is 0. The molecule has 0 aliphatic carbocycles. The largest absolute Gasteiger partial charge is 0.476 e. The molecule has 0 aliphatic heterocycles. The molecule has 0 bridgehead atoms. The van der Waals surface area contributed by atoms with Gasteiger partial charge in [0.1, 0.15) is 0 Å². The minimum Gasteiger partial charge on any atom is -0.476 e. The van der Waals surface area contributed by atoms with Crippen LogP contribution in [0.25, 0.3) is 11.3 Å². The molecule has 0 aliphatic rings. The quantitative estimate of drug-likeness (QED) is 0.800. The minimum absolute atomic E-state index is 0.00368. The number of nitrogen functional groups attached to an aromatic ring is 1. The van der Waals surface area contributed by atoms with Crippen molar-refractivity contribution in [3.05, 3.63) is 35.0 Å². The first-order chi connectivity index (χ1) is 7.99. The molecule has 0 amide bonds. The standard InChI is InChI=1S/C11H10ClN3O2/c1-15-10(5-9(14-15)11(16)17)6-2-3-7(12)8(13)4-6/h2-5H,13H2,1H3,(H,16,17). The number of hydrogen-bond acceptors (Lipinski definition) is 3. The first-order valence-corrected chi connectivity index (χ1v) is 5.19. The Labute approximate surface area is 102 Å². The van der Waals surface area contributed by atoms with Crippen molar-refractivity contribution in [2.75, 3.05) is 5.73 Å². The van der Waals surface area contributed by atoms with Gasteiger partial charge in [0, 0.05) is 12.6 Å². The van der Waals surface area contributed by atoms with E-state index < -0.39 is 5.97 Å². The summed E-state index contributed by atoms with van der Waals surface area (Å²) in [4.78, 5) is 10.8. The van der Waals surface area contributed by atoms with Crippen LogP contribution >= 0.6 is 11.6 Å². The molecule has 0 radical (unpaired) electrons. The molecule has 0 fully saturated rings. The second kappa shape index (κ2) is 4.10. The van der Waals surface area contributed by atoms with E-state index in [1.165, 1.54) is 10.7 Å². The third-order valence-electron chi connectivity index (χ3n) is 2.39. The van der Waals surface area contributed by atoms with Crippen LogP contribution in [-0.4, -0.2) is 20.9 Å². The first-order valence-electron chi connectivity index (χ1n) is 4.82. The smallest absolute Gasteiger partial charge is 0.356 e. The highest BCUT2D eigenvalue weighted by Gasteiger charge is 2.13. The molecule has 0 saturated carbocycles. The zero-order valence-corrected chi connectivity index (χ0v) is 9.77. The highest BCUT2D eigenvalue weighted by molar-refractivity contribution is 6.33. The lowest BCUT2D eigenvalue weighted by Crippen LogP contribution is -1.99. The molecule has 1 heterocycles. The van der Waals surface area contributed by atoms with Gasteiger partial charge in [-0.2, -0.15) is 5.10 Å². The van der Waals surface area contributed by atoms with Crippen LogP contribution in [0.5, 0.6) is 0 Å². The van der Waals surface area contributed by atoms with Gasteiger partial charge in [-0.25, -0.2) is 4.79 Å². The third-order valence-corrected chi connectivity index (χ3v) is 2.73. The molecule has 0 unspecified atom stereocenters. The van der Waals surface area contributed by atoms with Crippen molar-refractivity contribution in [3.8, 4) is 11.3 Å². The lowest BCUT2D eigenvalue weighted by Gasteiger charge is -2.04. The monoisotopic (exact) mass is 251 g/mol. The molecule has 6 heteroatoms. The lowest BCUT2D eigenvalue weighted by atomic mass is 10.1. The highest BCUT2D eigenvalue weighted by Crippen LogP contribution is 2.26. The second-order valence-electron chi connectivity index (χ2n) is 3.58. The molecule has 88 valence electrons. The Balaban J connectivity index is 2.52. The van der Waals surface area contributed by atoms with Crippen molar-refractivity contribution >= 4 is 23.3 Å². The predicted octanol–water partition coefficient (Wildman–Crippen LogP) is 2.02. The summed E-state index contributed by atoms with van der Waals surface area (Å²) in [5.74, 6) is -1.06. The van der Waals surface area contributed by atoms with Gasteiger partial charge in [0.2, 0.25) is 0 Å². The molecule has 1 aromatic heterocycles. The van der Waals surface area contributed by atoms with E-state index in [0.717, 1.165) is 5.56 Å². The number of carbonyl (C=O) groups is 1. The Kier molecular flexibility index (Phi) is 2.77. The van der Waals surface area contributed by atoms with Gasteiger partial charge >= 0.3 is 5.97 Å². The van der Waals surface area contributed by atoms with Crippen molar-refractivity contribution in [2.45, 2.75) is 0 Å². The Morgan fingerprint density at radius 1 is 1.47 bits per heavy atom. The molecule has 2 rings (SSSR count). The van der Waals surface area contributed by atoms with Crippen molar-refractivity contribution in [3.63, 3.8) is 0 Å². The van der Waals surface area contributed by atoms with Crippen LogP contribution in [0.3, 0.4) is 0 Å². The number of aromatic nitrogens is 2. The fourth-order valence-corrected chi connectivity index (χ4v) is 1.66. The third kappa shape index (κ3) is 2.09. The summed E-state index contributed by atoms with van der Waals surface area (Å²) in [7, 11) is 1.67. The highest BCUT2D eigenvalue weighted by atomic mass is 35.5. The Morgan fingerprint density at radius 3 is 2.71 bits per heavy atom. The van der Waals surface area contributed by atoms with Crippen LogP contribution in [0, 0.1) is 0 Å². The number of hydrogen-bond donors (Lipinski definition) is 2. The zero-order chi connectivity index (χ0) is 12.6. The number of aromatic carboxylic acids is 1. The average molecular weight is 252 g/mol. The first kappa shape index (κ1) is 11.5. The van der Waals surface area contributed by atoms with Crippen molar-refractivity contribution in [2.24, 2.45) is 7.05 Å². The number of carboxylic acid groups (broad SMARTS) is 1. The maximum absolute atomic E-state index is 10.8. The van der Waals surface area contributed by atoms with Crippen LogP contribution in [-0.2, 0) is 7.05 Å². The number of anilines is 1. The van der Waals surface area contributed by atoms with Crippen molar-refractivity contribution < 1.29 is 9.90 Å². The van der Waals surface area contributed by atoms with E-state index >= 15 is 0 Å². The SMILES string of the molecule is Cn1nc(C(=O)O)cc1-c1ccc(Cl)c(N)c1. The number of halogens is 1. The normalized spacial score (nSPS) is 10.5. The van der Waals surface area contributed by atoms with Crippen LogP contribution < -0.4 is 5.73 Å². The van der Waals surface area contributed by atoms with Gasteiger partial charge in [0.25, 0.3) is 0 Å². The van der Waals surface area contributed by atoms with Crippen LogP contribution in [0.1, 0.15) is 10.5 Å². The van der Waals surface area contributed by atoms with Gasteiger partial charge in [0.05, 0.1) is 16.4 Å². The maximum Gasteiger partial charge on any atom is 0.356 e. The van der Waals surface area contributed by atoms with Crippen LogP contribution in [0.15, 0.2) is 24.3 Å².